The van der Waals surface area contributed by atoms with E-state index in [1.54, 1.807) is 24.3 Å². The number of carbonyl (C=O) groups is 3. The fourth-order valence-corrected chi connectivity index (χ4v) is 2.04. The molecule has 4 N–H and O–H groups in total. The molecule has 23 heavy (non-hydrogen) atoms. The first-order valence-corrected chi connectivity index (χ1v) is 7.02. The lowest BCUT2D eigenvalue weighted by atomic mass is 10.0. The molecule has 1 aliphatic heterocycles. The summed E-state index contributed by atoms with van der Waals surface area (Å²) in [5.74, 6) is -0.515. The zero-order valence-corrected chi connectivity index (χ0v) is 13.9. The minimum atomic E-state index is -0.502. The summed E-state index contributed by atoms with van der Waals surface area (Å²) in [6.07, 6.45) is 0. The second kappa shape index (κ2) is 7.43. The summed E-state index contributed by atoms with van der Waals surface area (Å²) in [6, 6.07) is 6.42. The molecule has 0 saturated carbocycles. The van der Waals surface area contributed by atoms with Crippen molar-refractivity contribution >= 4 is 30.3 Å². The second-order valence-electron chi connectivity index (χ2n) is 5.88. The third-order valence-corrected chi connectivity index (χ3v) is 3.43. The van der Waals surface area contributed by atoms with Crippen LogP contribution < -0.4 is 16.4 Å². The van der Waals surface area contributed by atoms with E-state index in [4.69, 9.17) is 5.73 Å². The van der Waals surface area contributed by atoms with E-state index in [1.165, 1.54) is 0 Å². The van der Waals surface area contributed by atoms with E-state index < -0.39 is 11.6 Å². The third-order valence-electron chi connectivity index (χ3n) is 3.43. The minimum Gasteiger partial charge on any atom is -0.346 e. The lowest BCUT2D eigenvalue weighted by molar-refractivity contribution is -0.125. The number of carbonyl (C=O) groups excluding carboxylic acids is 3. The Labute approximate surface area is 141 Å². The maximum atomic E-state index is 12.2. The molecular weight excluding hydrogens is 320 g/mol. The topological polar surface area (TPSA) is 105 Å². The Morgan fingerprint density at radius 3 is 2.65 bits per heavy atom. The van der Waals surface area contributed by atoms with Crippen molar-refractivity contribution < 1.29 is 14.4 Å². The van der Waals surface area contributed by atoms with Crippen LogP contribution in [0.5, 0.6) is 0 Å². The summed E-state index contributed by atoms with van der Waals surface area (Å²) >= 11 is 0. The highest BCUT2D eigenvalue weighted by Crippen LogP contribution is 2.12. The predicted molar refractivity (Wildman–Crippen MR) is 88.2 cm³/mol. The normalized spacial score (nSPS) is 14.3. The Balaban J connectivity index is 0.00000264. The maximum absolute atomic E-state index is 12.2. The summed E-state index contributed by atoms with van der Waals surface area (Å²) in [6.45, 7) is 4.15. The van der Waals surface area contributed by atoms with Gasteiger partial charge in [-0.05, 0) is 31.5 Å². The molecule has 4 amide bonds. The van der Waals surface area contributed by atoms with E-state index in [1.807, 2.05) is 13.8 Å². The SMILES string of the molecule is CC(C)(CN)NC(=O)c1cccc(CN2C(=O)CNC2=O)c1.Cl. The van der Waals surface area contributed by atoms with Gasteiger partial charge in [0.05, 0.1) is 13.1 Å². The third kappa shape index (κ3) is 4.67. The van der Waals surface area contributed by atoms with Crippen LogP contribution in [-0.2, 0) is 11.3 Å². The minimum absolute atomic E-state index is 0. The molecule has 8 heteroatoms. The molecule has 0 radical (unpaired) electrons. The van der Waals surface area contributed by atoms with Crippen molar-refractivity contribution in [3.8, 4) is 0 Å². The van der Waals surface area contributed by atoms with Crippen LogP contribution in [0.1, 0.15) is 29.8 Å². The fraction of sp³-hybridized carbons (Fsp3) is 0.400. The molecule has 0 spiro atoms. The van der Waals surface area contributed by atoms with Gasteiger partial charge in [0, 0.05) is 17.6 Å². The van der Waals surface area contributed by atoms with E-state index in [2.05, 4.69) is 10.6 Å². The lowest BCUT2D eigenvalue weighted by Crippen LogP contribution is -2.48. The number of hydrogen-bond donors (Lipinski definition) is 3. The number of nitrogens with two attached hydrogens (primary N) is 1. The van der Waals surface area contributed by atoms with Crippen LogP contribution >= 0.6 is 12.4 Å². The van der Waals surface area contributed by atoms with Crippen LogP contribution in [0.15, 0.2) is 24.3 Å². The van der Waals surface area contributed by atoms with Gasteiger partial charge >= 0.3 is 6.03 Å². The molecule has 0 atom stereocenters. The monoisotopic (exact) mass is 340 g/mol. The molecule has 2 rings (SSSR count). The molecule has 0 aliphatic carbocycles. The number of nitrogens with one attached hydrogen (secondary N) is 2. The zero-order chi connectivity index (χ0) is 16.3. The standard InChI is InChI=1S/C15H20N4O3.ClH/c1-15(2,9-16)18-13(21)11-5-3-4-10(6-11)8-19-12(20)7-17-14(19)22;/h3-6H,7-9,16H2,1-2H3,(H,17,22)(H,18,21);1H. The Bertz CT molecular complexity index is 602. The quantitative estimate of drug-likeness (QED) is 0.684. The van der Waals surface area contributed by atoms with E-state index >= 15 is 0 Å². The zero-order valence-electron chi connectivity index (χ0n) is 13.1. The number of hydrogen-bond acceptors (Lipinski definition) is 4. The Kier molecular flexibility index (Phi) is 6.12. The largest absolute Gasteiger partial charge is 0.346 e. The van der Waals surface area contributed by atoms with E-state index in [-0.39, 0.29) is 37.3 Å². The molecule has 1 saturated heterocycles. The van der Waals surface area contributed by atoms with Crippen molar-refractivity contribution in [2.75, 3.05) is 13.1 Å². The maximum Gasteiger partial charge on any atom is 0.324 e. The van der Waals surface area contributed by atoms with Gasteiger partial charge in [0.1, 0.15) is 0 Å². The summed E-state index contributed by atoms with van der Waals surface area (Å²) in [5, 5.41) is 5.30. The molecule has 0 unspecified atom stereocenters. The molecule has 7 nitrogen and oxygen atoms in total. The van der Waals surface area contributed by atoms with Gasteiger partial charge in [0.2, 0.25) is 5.91 Å². The van der Waals surface area contributed by atoms with Crippen molar-refractivity contribution in [1.82, 2.24) is 15.5 Å². The van der Waals surface area contributed by atoms with Gasteiger partial charge in [0.15, 0.2) is 0 Å². The highest BCUT2D eigenvalue weighted by molar-refractivity contribution is 6.02. The number of nitrogens with zero attached hydrogens (tertiary/aromatic N) is 1. The number of imide groups is 1. The predicted octanol–water partition coefficient (Wildman–Crippen LogP) is 0.627. The fourth-order valence-electron chi connectivity index (χ4n) is 2.04. The van der Waals surface area contributed by atoms with Crippen molar-refractivity contribution in [1.29, 1.82) is 0 Å². The van der Waals surface area contributed by atoms with Crippen molar-refractivity contribution in [3.63, 3.8) is 0 Å². The van der Waals surface area contributed by atoms with Gasteiger partial charge in [-0.15, -0.1) is 12.4 Å². The Hall–Kier alpha value is -2.12. The van der Waals surface area contributed by atoms with Crippen molar-refractivity contribution in [2.45, 2.75) is 25.9 Å². The average Bonchev–Trinajstić information content (AvgIpc) is 2.79. The summed E-state index contributed by atoms with van der Waals surface area (Å²) in [7, 11) is 0. The number of amides is 4. The molecule has 0 bridgehead atoms. The highest BCUT2D eigenvalue weighted by Gasteiger charge is 2.28. The first-order valence-electron chi connectivity index (χ1n) is 7.02. The number of halogens is 1. The average molecular weight is 341 g/mol. The van der Waals surface area contributed by atoms with Gasteiger partial charge in [-0.2, -0.15) is 0 Å². The van der Waals surface area contributed by atoms with Crippen LogP contribution in [0.4, 0.5) is 4.79 Å². The highest BCUT2D eigenvalue weighted by atomic mass is 35.5. The molecule has 1 fully saturated rings. The van der Waals surface area contributed by atoms with E-state index in [9.17, 15) is 14.4 Å². The number of urea groups is 1. The molecule has 1 heterocycles. The van der Waals surface area contributed by atoms with E-state index in [0.29, 0.717) is 17.7 Å². The van der Waals surface area contributed by atoms with Gasteiger partial charge in [-0.25, -0.2) is 4.79 Å². The van der Waals surface area contributed by atoms with Crippen molar-refractivity contribution in [2.24, 2.45) is 5.73 Å². The first-order chi connectivity index (χ1) is 10.3. The van der Waals surface area contributed by atoms with Gasteiger partial charge in [-0.1, -0.05) is 12.1 Å². The van der Waals surface area contributed by atoms with Crippen LogP contribution in [0, 0.1) is 0 Å². The summed E-state index contributed by atoms with van der Waals surface area (Å²) in [5.41, 5.74) is 6.27. The van der Waals surface area contributed by atoms with Gasteiger partial charge in [-0.3, -0.25) is 14.5 Å². The summed E-state index contributed by atoms with van der Waals surface area (Å²) < 4.78 is 0. The van der Waals surface area contributed by atoms with Gasteiger partial charge in [0.25, 0.3) is 5.91 Å². The molecule has 1 aromatic carbocycles. The Morgan fingerprint density at radius 2 is 2.09 bits per heavy atom. The second-order valence-corrected chi connectivity index (χ2v) is 5.88. The molecule has 1 aromatic rings. The number of benzene rings is 1. The first kappa shape index (κ1) is 18.9. The molecule has 1 aliphatic rings. The molecular formula is C15H21ClN4O3. The molecule has 0 aromatic heterocycles. The van der Waals surface area contributed by atoms with Crippen LogP contribution in [0.3, 0.4) is 0 Å². The van der Waals surface area contributed by atoms with Crippen LogP contribution in [0.2, 0.25) is 0 Å². The van der Waals surface area contributed by atoms with Crippen LogP contribution in [0.25, 0.3) is 0 Å². The van der Waals surface area contributed by atoms with Crippen LogP contribution in [-0.4, -0.2) is 41.4 Å². The van der Waals surface area contributed by atoms with E-state index in [0.717, 1.165) is 4.90 Å². The van der Waals surface area contributed by atoms with Crippen molar-refractivity contribution in [3.05, 3.63) is 35.4 Å². The number of rotatable bonds is 5. The smallest absolute Gasteiger partial charge is 0.324 e. The van der Waals surface area contributed by atoms with Gasteiger partial charge < -0.3 is 16.4 Å². The molecule has 126 valence electrons. The summed E-state index contributed by atoms with van der Waals surface area (Å²) in [4.78, 5) is 36.5. The Morgan fingerprint density at radius 1 is 1.39 bits per heavy atom. The lowest BCUT2D eigenvalue weighted by Gasteiger charge is -2.24.